The number of ether oxygens (including phenoxy) is 1. The molecule has 19 heavy (non-hydrogen) atoms. The lowest BCUT2D eigenvalue weighted by Gasteiger charge is -2.29. The van der Waals surface area contributed by atoms with Crippen molar-refractivity contribution < 1.29 is 19.4 Å². The second-order valence-corrected chi connectivity index (χ2v) is 5.05. The molecule has 2 aliphatic rings. The summed E-state index contributed by atoms with van der Waals surface area (Å²) in [5.41, 5.74) is 0. The van der Waals surface area contributed by atoms with Crippen molar-refractivity contribution in [3.05, 3.63) is 12.7 Å². The van der Waals surface area contributed by atoms with Gasteiger partial charge in [0.05, 0.1) is 6.10 Å². The minimum Gasteiger partial charge on any atom is -0.480 e. The maximum Gasteiger partial charge on any atom is 0.326 e. The first kappa shape index (κ1) is 13.9. The molecule has 1 saturated carbocycles. The van der Waals surface area contributed by atoms with Gasteiger partial charge in [-0.3, -0.25) is 0 Å². The van der Waals surface area contributed by atoms with E-state index < -0.39 is 12.0 Å². The maximum absolute atomic E-state index is 12.5. The van der Waals surface area contributed by atoms with Gasteiger partial charge < -0.3 is 19.6 Å². The first-order valence-electron chi connectivity index (χ1n) is 6.52. The largest absolute Gasteiger partial charge is 0.480 e. The van der Waals surface area contributed by atoms with Crippen LogP contribution >= 0.6 is 0 Å². The molecular formula is C13H20N2O4. The zero-order valence-electron chi connectivity index (χ0n) is 11.1. The lowest BCUT2D eigenvalue weighted by Crippen LogP contribution is -2.49. The molecule has 6 nitrogen and oxygen atoms in total. The maximum atomic E-state index is 12.5. The van der Waals surface area contributed by atoms with E-state index in [4.69, 9.17) is 4.74 Å². The van der Waals surface area contributed by atoms with E-state index in [1.54, 1.807) is 18.1 Å². The van der Waals surface area contributed by atoms with Gasteiger partial charge in [-0.05, 0) is 12.8 Å². The Morgan fingerprint density at radius 3 is 2.68 bits per heavy atom. The fraction of sp³-hybridized carbons (Fsp3) is 0.692. The van der Waals surface area contributed by atoms with Crippen LogP contribution in [0, 0.1) is 0 Å². The summed E-state index contributed by atoms with van der Waals surface area (Å²) in [6.45, 7) is 4.45. The van der Waals surface area contributed by atoms with Crippen LogP contribution in [0.15, 0.2) is 12.7 Å². The molecule has 0 bridgehead atoms. The lowest BCUT2D eigenvalue weighted by atomic mass is 10.2. The van der Waals surface area contributed by atoms with Crippen LogP contribution in [0.4, 0.5) is 4.79 Å². The van der Waals surface area contributed by atoms with Crippen molar-refractivity contribution in [3.63, 3.8) is 0 Å². The lowest BCUT2D eigenvalue weighted by molar-refractivity contribution is -0.141. The van der Waals surface area contributed by atoms with E-state index in [0.717, 1.165) is 12.8 Å². The molecular weight excluding hydrogens is 248 g/mol. The van der Waals surface area contributed by atoms with Gasteiger partial charge >= 0.3 is 12.0 Å². The van der Waals surface area contributed by atoms with Crippen molar-refractivity contribution in [1.29, 1.82) is 0 Å². The van der Waals surface area contributed by atoms with E-state index in [9.17, 15) is 14.7 Å². The smallest absolute Gasteiger partial charge is 0.326 e. The summed E-state index contributed by atoms with van der Waals surface area (Å²) in [5.74, 6) is -0.970. The molecule has 0 aromatic carbocycles. The number of rotatable bonds is 5. The number of hydrogen-bond donors (Lipinski definition) is 1. The number of carboxylic acids is 1. The van der Waals surface area contributed by atoms with Gasteiger partial charge in [0.15, 0.2) is 0 Å². The molecule has 2 rings (SSSR count). The highest BCUT2D eigenvalue weighted by molar-refractivity contribution is 5.84. The summed E-state index contributed by atoms with van der Waals surface area (Å²) in [6, 6.07) is -0.764. The number of nitrogens with zero attached hydrogens (tertiary/aromatic N) is 2. The average molecular weight is 268 g/mol. The van der Waals surface area contributed by atoms with Crippen molar-refractivity contribution in [1.82, 2.24) is 9.80 Å². The highest BCUT2D eigenvalue weighted by Gasteiger charge is 2.43. The van der Waals surface area contributed by atoms with Gasteiger partial charge in [0.2, 0.25) is 0 Å². The molecule has 1 aliphatic carbocycles. The quantitative estimate of drug-likeness (QED) is 0.753. The summed E-state index contributed by atoms with van der Waals surface area (Å²) in [6.07, 6.45) is 3.80. The topological polar surface area (TPSA) is 70.1 Å². The number of amides is 2. The molecule has 1 heterocycles. The molecule has 2 atom stereocenters. The van der Waals surface area contributed by atoms with Gasteiger partial charge in [0.1, 0.15) is 6.04 Å². The summed E-state index contributed by atoms with van der Waals surface area (Å²) >= 11 is 0. The van der Waals surface area contributed by atoms with Crippen LogP contribution in [0.5, 0.6) is 0 Å². The molecule has 2 amide bonds. The van der Waals surface area contributed by atoms with E-state index in [1.165, 1.54) is 4.90 Å². The predicted molar refractivity (Wildman–Crippen MR) is 68.9 cm³/mol. The number of carbonyl (C=O) groups is 2. The summed E-state index contributed by atoms with van der Waals surface area (Å²) in [5, 5.41) is 9.22. The fourth-order valence-electron chi connectivity index (χ4n) is 2.49. The van der Waals surface area contributed by atoms with Gasteiger partial charge in [0.25, 0.3) is 0 Å². The van der Waals surface area contributed by atoms with Gasteiger partial charge in [-0.25, -0.2) is 9.59 Å². The monoisotopic (exact) mass is 268 g/mol. The van der Waals surface area contributed by atoms with E-state index in [-0.39, 0.29) is 18.2 Å². The Hall–Kier alpha value is -1.56. The molecule has 0 aromatic rings. The zero-order valence-corrected chi connectivity index (χ0v) is 11.1. The third-order valence-electron chi connectivity index (χ3n) is 3.69. The SMILES string of the molecule is C=CCN(C(=O)N1CC(OC)CC1C(=O)O)C1CC1. The van der Waals surface area contributed by atoms with Crippen molar-refractivity contribution in [2.24, 2.45) is 0 Å². The number of carboxylic acid groups (broad SMARTS) is 1. The third-order valence-corrected chi connectivity index (χ3v) is 3.69. The molecule has 6 heteroatoms. The van der Waals surface area contributed by atoms with Crippen LogP contribution in [0.3, 0.4) is 0 Å². The van der Waals surface area contributed by atoms with Crippen LogP contribution in [0.25, 0.3) is 0 Å². The van der Waals surface area contributed by atoms with E-state index in [0.29, 0.717) is 19.5 Å². The van der Waals surface area contributed by atoms with Crippen molar-refractivity contribution in [3.8, 4) is 0 Å². The van der Waals surface area contributed by atoms with Crippen molar-refractivity contribution >= 4 is 12.0 Å². The van der Waals surface area contributed by atoms with Crippen LogP contribution in [-0.4, -0.2) is 65.3 Å². The molecule has 0 aromatic heterocycles. The molecule has 1 N–H and O–H groups in total. The second-order valence-electron chi connectivity index (χ2n) is 5.05. The number of hydrogen-bond acceptors (Lipinski definition) is 3. The number of carbonyl (C=O) groups excluding carboxylic acids is 1. The Labute approximate surface area is 112 Å². The van der Waals surface area contributed by atoms with Crippen LogP contribution < -0.4 is 0 Å². The van der Waals surface area contributed by atoms with Gasteiger partial charge in [-0.1, -0.05) is 6.08 Å². The molecule has 1 saturated heterocycles. The van der Waals surface area contributed by atoms with Crippen LogP contribution in [0.2, 0.25) is 0 Å². The Morgan fingerprint density at radius 2 is 2.21 bits per heavy atom. The fourth-order valence-corrected chi connectivity index (χ4v) is 2.49. The van der Waals surface area contributed by atoms with Gasteiger partial charge in [0, 0.05) is 32.7 Å². The Morgan fingerprint density at radius 1 is 1.53 bits per heavy atom. The first-order chi connectivity index (χ1) is 9.08. The Balaban J connectivity index is 2.10. The first-order valence-corrected chi connectivity index (χ1v) is 6.52. The predicted octanol–water partition coefficient (Wildman–Crippen LogP) is 0.931. The molecule has 0 spiro atoms. The molecule has 106 valence electrons. The molecule has 2 unspecified atom stereocenters. The molecule has 1 aliphatic heterocycles. The van der Waals surface area contributed by atoms with Crippen LogP contribution in [0.1, 0.15) is 19.3 Å². The minimum atomic E-state index is -0.970. The normalized spacial score (nSPS) is 26.3. The molecule has 0 radical (unpaired) electrons. The van der Waals surface area contributed by atoms with E-state index >= 15 is 0 Å². The van der Waals surface area contributed by atoms with Crippen molar-refractivity contribution in [2.45, 2.75) is 37.5 Å². The van der Waals surface area contributed by atoms with Crippen LogP contribution in [-0.2, 0) is 9.53 Å². The van der Waals surface area contributed by atoms with E-state index in [2.05, 4.69) is 6.58 Å². The standard InChI is InChI=1S/C13H20N2O4/c1-3-6-14(9-4-5-9)13(18)15-8-10(19-2)7-11(15)12(16)17/h3,9-11H,1,4-8H2,2H3,(H,16,17). The average Bonchev–Trinajstić information content (AvgIpc) is 3.12. The summed E-state index contributed by atoms with van der Waals surface area (Å²) in [4.78, 5) is 26.9. The molecule has 2 fully saturated rings. The Bertz CT molecular complexity index is 381. The minimum absolute atomic E-state index is 0.199. The number of urea groups is 1. The second kappa shape index (κ2) is 5.61. The highest BCUT2D eigenvalue weighted by Crippen LogP contribution is 2.30. The van der Waals surface area contributed by atoms with Gasteiger partial charge in [-0.2, -0.15) is 0 Å². The van der Waals surface area contributed by atoms with Gasteiger partial charge in [-0.15, -0.1) is 6.58 Å². The number of methoxy groups -OCH3 is 1. The van der Waals surface area contributed by atoms with E-state index in [1.807, 2.05) is 0 Å². The Kier molecular flexibility index (Phi) is 4.09. The highest BCUT2D eigenvalue weighted by atomic mass is 16.5. The number of aliphatic carboxylic acids is 1. The zero-order chi connectivity index (χ0) is 14.0. The van der Waals surface area contributed by atoms with Crippen molar-refractivity contribution in [2.75, 3.05) is 20.2 Å². The summed E-state index contributed by atoms with van der Waals surface area (Å²) in [7, 11) is 1.54. The third kappa shape index (κ3) is 2.89. The number of likely N-dealkylation sites (tertiary alicyclic amines) is 1. The summed E-state index contributed by atoms with van der Waals surface area (Å²) < 4.78 is 5.19.